The first-order valence-corrected chi connectivity index (χ1v) is 33.5. The zero-order chi connectivity index (χ0) is 59.0. The van der Waals surface area contributed by atoms with Crippen molar-refractivity contribution in [2.24, 2.45) is 5.92 Å². The van der Waals surface area contributed by atoms with Gasteiger partial charge in [-0.25, -0.2) is 0 Å². The van der Waals surface area contributed by atoms with E-state index in [0.717, 1.165) is 51.4 Å². The van der Waals surface area contributed by atoms with Crippen LogP contribution in [-0.4, -0.2) is 122 Å². The number of amides is 1. The number of unbranched alkanes of at least 4 members (excludes halogenated alkanes) is 2. The Kier molecular flexibility index (Phi) is 18.0. The van der Waals surface area contributed by atoms with Crippen molar-refractivity contribution in [1.29, 1.82) is 0 Å². The maximum absolute atomic E-state index is 14.4. The summed E-state index contributed by atoms with van der Waals surface area (Å²) in [5, 5.41) is 0. The summed E-state index contributed by atoms with van der Waals surface area (Å²) in [4.78, 5) is 30.0. The van der Waals surface area contributed by atoms with Gasteiger partial charge in [-0.1, -0.05) is 38.5 Å². The number of ketones is 1. The van der Waals surface area contributed by atoms with Crippen LogP contribution in [0, 0.1) is 12.8 Å². The number of anilines is 1. The smallest absolute Gasteiger partial charge is 0.294 e. The number of fused-ring (bicyclic) bond motifs is 3. The van der Waals surface area contributed by atoms with Crippen LogP contribution in [0.2, 0.25) is 0 Å². The van der Waals surface area contributed by atoms with Gasteiger partial charge in [0, 0.05) is 84.5 Å². The molecule has 0 saturated heterocycles. The minimum absolute atomic E-state index is 0.00390. The summed E-state index contributed by atoms with van der Waals surface area (Å²) >= 11 is 0. The average Bonchev–Trinajstić information content (AvgIpc) is 3.11. The Balaban J connectivity index is 1.27. The van der Waals surface area contributed by atoms with Crippen LogP contribution in [0.1, 0.15) is 132 Å². The van der Waals surface area contributed by atoms with Gasteiger partial charge in [0.05, 0.1) is 27.6 Å². The maximum Gasteiger partial charge on any atom is 0.294 e. The summed E-state index contributed by atoms with van der Waals surface area (Å²) in [6, 6.07) is 15.4. The molecule has 438 valence electrons. The molecule has 3 aliphatic heterocycles. The van der Waals surface area contributed by atoms with E-state index in [-0.39, 0.29) is 78.9 Å². The standard InChI is InChI=1S/C58H71N3O16S4/c1-7-43(62)27-31-59(28-12-34-80(70,71)72)56(63)42-18-24-49-50(36-42)77-55-41(20-26-52-58(5,6)46-37-44(81(73,74)75)21-23-48(46)61(52)30-9-11-33-79(67,68)69)17-15-39-14-16-40(54(76-49)53(39)55)19-25-51-57(3,4)45-35-38(2)13-22-47(45)60(51)29-8-10-32-78(64,65)66/h13,18-26,35-37,39H,7-12,14-17,27-34H2,1-6H3,(H3-,64,65,66,67,68,69,70,71,72,73,74,75)/p+1. The number of rotatable bonds is 23. The minimum Gasteiger partial charge on any atom is -0.453 e. The van der Waals surface area contributed by atoms with Gasteiger partial charge in [-0.2, -0.15) is 38.2 Å². The van der Waals surface area contributed by atoms with Crippen molar-refractivity contribution >= 4 is 69.2 Å². The third-order valence-corrected chi connectivity index (χ3v) is 19.2. The number of allylic oxidation sites excluding steroid dienone is 8. The highest BCUT2D eigenvalue weighted by atomic mass is 32.2. The molecule has 2 aliphatic carbocycles. The number of hydrogen-bond acceptors (Lipinski definition) is 13. The molecule has 3 heterocycles. The normalized spacial score (nSPS) is 19.6. The topological polar surface area (TPSA) is 280 Å². The predicted octanol–water partition coefficient (Wildman–Crippen LogP) is 9.39. The van der Waals surface area contributed by atoms with Crippen molar-refractivity contribution in [3.8, 4) is 11.5 Å². The van der Waals surface area contributed by atoms with Crippen molar-refractivity contribution in [2.75, 3.05) is 48.3 Å². The molecule has 3 aromatic rings. The molecule has 1 unspecified atom stereocenters. The second-order valence-electron chi connectivity index (χ2n) is 22.5. The molecule has 23 heteroatoms. The highest BCUT2D eigenvalue weighted by Gasteiger charge is 2.46. The summed E-state index contributed by atoms with van der Waals surface area (Å²) in [6.45, 7) is 12.6. The summed E-state index contributed by atoms with van der Waals surface area (Å²) in [6.07, 6.45) is 12.0. The van der Waals surface area contributed by atoms with Crippen LogP contribution in [0.5, 0.6) is 11.5 Å². The zero-order valence-corrected chi connectivity index (χ0v) is 49.7. The first-order valence-electron chi connectivity index (χ1n) is 27.3. The SMILES string of the molecule is CCC(=O)CCN(CCCS(=O)(=O)O)C(=O)c1ccc2c(c1)OC1=C3C(=C(/C=C/C4=[N+](CCCCS(=O)(=O)O)c5ccc(C)cc5C4(C)C)CCC3CC/C1=C\C=C1\N(CCCCS(=O)(=O)O)c3ccc(S(=O)(=O)O)cc3C1(C)C)O2. The zero-order valence-electron chi connectivity index (χ0n) is 46.5. The van der Waals surface area contributed by atoms with E-state index in [2.05, 4.69) is 42.7 Å². The lowest BCUT2D eigenvalue weighted by Crippen LogP contribution is -2.34. The Labute approximate surface area is 475 Å². The summed E-state index contributed by atoms with van der Waals surface area (Å²) in [5.41, 5.74) is 7.38. The number of carbonyl (C=O) groups excluding carboxylic acids is 2. The average molecular weight is 1200 g/mol. The van der Waals surface area contributed by atoms with Gasteiger partial charge in [0.2, 0.25) is 5.69 Å². The summed E-state index contributed by atoms with van der Waals surface area (Å²) < 4.78 is 150. The molecule has 0 radical (unpaired) electrons. The molecular formula is C58H72N3O16S4+. The fourth-order valence-electron chi connectivity index (χ4n) is 11.6. The Bertz CT molecular complexity index is 3700. The highest BCUT2D eigenvalue weighted by molar-refractivity contribution is 7.86. The lowest BCUT2D eigenvalue weighted by Gasteiger charge is -2.33. The number of hydrogen-bond donors (Lipinski definition) is 4. The number of carbonyl (C=O) groups is 2. The third-order valence-electron chi connectivity index (χ3n) is 16.0. The monoisotopic (exact) mass is 1190 g/mol. The van der Waals surface area contributed by atoms with E-state index in [4.69, 9.17) is 9.47 Å². The molecule has 0 saturated carbocycles. The first kappa shape index (κ1) is 61.3. The molecule has 1 atom stereocenters. The van der Waals surface area contributed by atoms with Crippen molar-refractivity contribution in [2.45, 2.75) is 128 Å². The maximum atomic E-state index is 14.4. The van der Waals surface area contributed by atoms with Crippen LogP contribution in [-0.2, 0) is 56.1 Å². The largest absolute Gasteiger partial charge is 0.453 e. The van der Waals surface area contributed by atoms with Crippen molar-refractivity contribution in [1.82, 2.24) is 4.90 Å². The van der Waals surface area contributed by atoms with E-state index >= 15 is 0 Å². The fraction of sp³-hybridized carbons (Fsp3) is 0.466. The molecule has 3 aromatic carbocycles. The van der Waals surface area contributed by atoms with Gasteiger partial charge >= 0.3 is 0 Å². The van der Waals surface area contributed by atoms with E-state index in [9.17, 15) is 61.5 Å². The van der Waals surface area contributed by atoms with E-state index in [1.807, 2.05) is 43.9 Å². The lowest BCUT2D eigenvalue weighted by atomic mass is 9.74. The molecule has 0 fully saturated rings. The van der Waals surface area contributed by atoms with Gasteiger partial charge in [-0.15, -0.1) is 0 Å². The Morgan fingerprint density at radius 2 is 1.38 bits per heavy atom. The fourth-order valence-corrected chi connectivity index (χ4v) is 13.8. The Morgan fingerprint density at radius 1 is 0.716 bits per heavy atom. The quantitative estimate of drug-likeness (QED) is 0.0391. The van der Waals surface area contributed by atoms with Gasteiger partial charge in [-0.05, 0) is 149 Å². The first-order chi connectivity index (χ1) is 37.9. The second kappa shape index (κ2) is 23.8. The summed E-state index contributed by atoms with van der Waals surface area (Å²) in [7, 11) is -17.3. The van der Waals surface area contributed by atoms with Crippen LogP contribution in [0.4, 0.5) is 11.4 Å². The van der Waals surface area contributed by atoms with Gasteiger partial charge in [0.25, 0.3) is 46.4 Å². The molecular weight excluding hydrogens is 1120 g/mol. The Hall–Kier alpha value is -5.79. The molecule has 1 amide bonds. The number of benzene rings is 3. The van der Waals surface area contributed by atoms with Gasteiger partial charge < -0.3 is 19.3 Å². The number of Topliss-reactive ketones (excluding diaryl/α,β-unsaturated/α-hetero) is 1. The molecule has 0 bridgehead atoms. The molecule has 4 N–H and O–H groups in total. The van der Waals surface area contributed by atoms with Gasteiger partial charge in [-0.3, -0.25) is 27.8 Å². The molecule has 19 nitrogen and oxygen atoms in total. The number of aryl methyl sites for hydroxylation is 1. The molecule has 8 rings (SSSR count). The van der Waals surface area contributed by atoms with E-state index < -0.39 is 68.7 Å². The highest BCUT2D eigenvalue weighted by Crippen LogP contribution is 2.52. The second-order valence-corrected chi connectivity index (χ2v) is 28.6. The molecule has 0 spiro atoms. The van der Waals surface area contributed by atoms with Gasteiger partial charge in [0.15, 0.2) is 17.2 Å². The van der Waals surface area contributed by atoms with Crippen molar-refractivity contribution in [3.05, 3.63) is 135 Å². The van der Waals surface area contributed by atoms with Gasteiger partial charge in [0.1, 0.15) is 23.8 Å². The Morgan fingerprint density at radius 3 is 2.06 bits per heavy atom. The number of ether oxygens (including phenoxy) is 2. The minimum atomic E-state index is -4.59. The van der Waals surface area contributed by atoms with Crippen LogP contribution in [0.3, 0.4) is 0 Å². The van der Waals surface area contributed by atoms with E-state index in [0.29, 0.717) is 73.7 Å². The van der Waals surface area contributed by atoms with Crippen molar-refractivity contribution < 1.29 is 75.5 Å². The van der Waals surface area contributed by atoms with Crippen LogP contribution in [0.15, 0.2) is 118 Å². The van der Waals surface area contributed by atoms with E-state index in [1.165, 1.54) is 17.0 Å². The number of nitrogens with zero attached hydrogens (tertiary/aromatic N) is 3. The lowest BCUT2D eigenvalue weighted by molar-refractivity contribution is -0.438. The predicted molar refractivity (Wildman–Crippen MR) is 308 cm³/mol. The molecule has 5 aliphatic rings. The van der Waals surface area contributed by atoms with Crippen LogP contribution < -0.4 is 14.4 Å². The molecule has 0 aromatic heterocycles. The van der Waals surface area contributed by atoms with Crippen molar-refractivity contribution in [3.63, 3.8) is 0 Å². The summed E-state index contributed by atoms with van der Waals surface area (Å²) in [5.74, 6) is -0.467. The van der Waals surface area contributed by atoms with Crippen LogP contribution >= 0.6 is 0 Å². The molecule has 81 heavy (non-hydrogen) atoms. The van der Waals surface area contributed by atoms with E-state index in [1.54, 1.807) is 31.2 Å². The third kappa shape index (κ3) is 14.2. The van der Waals surface area contributed by atoms with Crippen LogP contribution in [0.25, 0.3) is 0 Å².